The minimum atomic E-state index is -0.588. The van der Waals surface area contributed by atoms with Crippen molar-refractivity contribution in [2.24, 2.45) is 0 Å². The number of hydrogen-bond acceptors (Lipinski definition) is 4. The first-order valence-electron chi connectivity index (χ1n) is 9.06. The molecule has 0 spiro atoms. The summed E-state index contributed by atoms with van der Waals surface area (Å²) >= 11 is 0. The highest BCUT2D eigenvalue weighted by Crippen LogP contribution is 2.19. The van der Waals surface area contributed by atoms with Crippen LogP contribution in [0.5, 0.6) is 0 Å². The average Bonchev–Trinajstić information content (AvgIpc) is 2.65. The first-order chi connectivity index (χ1) is 13.4. The lowest BCUT2D eigenvalue weighted by Gasteiger charge is -2.22. The van der Waals surface area contributed by atoms with Crippen molar-refractivity contribution < 1.29 is 14.3 Å². The molecular formula is C23H24N2O3. The van der Waals surface area contributed by atoms with Gasteiger partial charge < -0.3 is 9.64 Å². The highest BCUT2D eigenvalue weighted by Gasteiger charge is 2.17. The summed E-state index contributed by atoms with van der Waals surface area (Å²) in [6.45, 7) is 5.74. The number of nitriles is 1. The van der Waals surface area contributed by atoms with E-state index in [1.54, 1.807) is 6.08 Å². The maximum Gasteiger partial charge on any atom is 0.331 e. The van der Waals surface area contributed by atoms with Crippen molar-refractivity contribution in [3.05, 3.63) is 70.8 Å². The second-order valence-electron chi connectivity index (χ2n) is 6.65. The molecule has 0 aliphatic rings. The Labute approximate surface area is 165 Å². The van der Waals surface area contributed by atoms with E-state index in [0.29, 0.717) is 5.69 Å². The predicted molar refractivity (Wildman–Crippen MR) is 110 cm³/mol. The molecule has 0 aromatic heterocycles. The molecule has 2 rings (SSSR count). The largest absolute Gasteiger partial charge is 0.452 e. The molecule has 0 saturated heterocycles. The Morgan fingerprint density at radius 1 is 1.04 bits per heavy atom. The first-order valence-corrected chi connectivity index (χ1v) is 9.06. The fourth-order valence-electron chi connectivity index (χ4n) is 2.77. The number of carbonyl (C=O) groups is 2. The number of esters is 1. The van der Waals surface area contributed by atoms with Gasteiger partial charge in [0.2, 0.25) is 0 Å². The van der Waals surface area contributed by atoms with Crippen LogP contribution >= 0.6 is 0 Å². The minimum absolute atomic E-state index is 0.194. The van der Waals surface area contributed by atoms with Crippen molar-refractivity contribution in [3.8, 4) is 6.07 Å². The van der Waals surface area contributed by atoms with Gasteiger partial charge in [-0.1, -0.05) is 35.9 Å². The van der Waals surface area contributed by atoms with Gasteiger partial charge in [0.25, 0.3) is 5.91 Å². The Bertz CT molecular complexity index is 888. The van der Waals surface area contributed by atoms with Crippen molar-refractivity contribution in [3.63, 3.8) is 0 Å². The van der Waals surface area contributed by atoms with E-state index < -0.39 is 5.97 Å². The van der Waals surface area contributed by atoms with Gasteiger partial charge >= 0.3 is 5.97 Å². The van der Waals surface area contributed by atoms with Crippen LogP contribution in [0.25, 0.3) is 6.08 Å². The summed E-state index contributed by atoms with van der Waals surface area (Å²) in [4.78, 5) is 26.0. The molecule has 1 amide bonds. The maximum absolute atomic E-state index is 12.6. The molecule has 0 N–H and O–H groups in total. The lowest BCUT2D eigenvalue weighted by Crippen LogP contribution is -2.35. The predicted octanol–water partition coefficient (Wildman–Crippen LogP) is 4.12. The van der Waals surface area contributed by atoms with Crippen LogP contribution in [0.15, 0.2) is 48.5 Å². The summed E-state index contributed by atoms with van der Waals surface area (Å²) in [7, 11) is 0. The summed E-state index contributed by atoms with van der Waals surface area (Å²) in [6.07, 6.45) is 3.14. The van der Waals surface area contributed by atoms with Crippen molar-refractivity contribution in [2.75, 3.05) is 18.1 Å². The Morgan fingerprint density at radius 2 is 1.68 bits per heavy atom. The molecule has 0 saturated carbocycles. The zero-order valence-corrected chi connectivity index (χ0v) is 16.4. The first kappa shape index (κ1) is 20.9. The number of carbonyl (C=O) groups excluding carboxylic acids is 2. The highest BCUT2D eigenvalue weighted by molar-refractivity contribution is 5.96. The van der Waals surface area contributed by atoms with E-state index in [1.165, 1.54) is 11.0 Å². The fourth-order valence-corrected chi connectivity index (χ4v) is 2.77. The summed E-state index contributed by atoms with van der Waals surface area (Å²) < 4.78 is 5.09. The number of rotatable bonds is 7. The molecule has 0 bridgehead atoms. The number of hydrogen-bond donors (Lipinski definition) is 0. The number of ether oxygens (including phenoxy) is 1. The maximum atomic E-state index is 12.6. The van der Waals surface area contributed by atoms with Crippen LogP contribution in [-0.2, 0) is 14.3 Å². The van der Waals surface area contributed by atoms with E-state index in [4.69, 9.17) is 10.00 Å². The van der Waals surface area contributed by atoms with Crippen LogP contribution in [0.3, 0.4) is 0 Å². The Kier molecular flexibility index (Phi) is 7.53. The molecule has 144 valence electrons. The van der Waals surface area contributed by atoms with E-state index >= 15 is 0 Å². The minimum Gasteiger partial charge on any atom is -0.452 e. The zero-order chi connectivity index (χ0) is 20.5. The summed E-state index contributed by atoms with van der Waals surface area (Å²) in [5, 5.41) is 8.88. The molecule has 0 unspecified atom stereocenters. The molecule has 2 aromatic carbocycles. The molecule has 28 heavy (non-hydrogen) atoms. The zero-order valence-electron chi connectivity index (χ0n) is 16.4. The van der Waals surface area contributed by atoms with Crippen LogP contribution < -0.4 is 4.90 Å². The number of amides is 1. The van der Waals surface area contributed by atoms with E-state index in [0.717, 1.165) is 22.3 Å². The third-order valence-corrected chi connectivity index (χ3v) is 4.09. The normalized spacial score (nSPS) is 10.5. The van der Waals surface area contributed by atoms with Gasteiger partial charge in [0.1, 0.15) is 0 Å². The lowest BCUT2D eigenvalue weighted by molar-refractivity contribution is -0.142. The number of nitrogens with zero attached hydrogens (tertiary/aromatic N) is 2. The Morgan fingerprint density at radius 3 is 2.29 bits per heavy atom. The molecule has 0 aliphatic heterocycles. The van der Waals surface area contributed by atoms with Crippen LogP contribution in [0.4, 0.5) is 5.69 Å². The molecule has 0 aliphatic carbocycles. The Hall–Kier alpha value is -3.39. The SMILES string of the molecule is Cc1ccc(/C=C/C(=O)OCC(=O)N(CCC#N)c2cc(C)cc(C)c2)cc1. The topological polar surface area (TPSA) is 70.4 Å². The summed E-state index contributed by atoms with van der Waals surface area (Å²) in [5.41, 5.74) is 4.74. The van der Waals surface area contributed by atoms with Crippen LogP contribution in [0, 0.1) is 32.1 Å². The monoisotopic (exact) mass is 376 g/mol. The highest BCUT2D eigenvalue weighted by atomic mass is 16.5. The Balaban J connectivity index is 2.01. The van der Waals surface area contributed by atoms with E-state index in [1.807, 2.05) is 69.3 Å². The number of anilines is 1. The van der Waals surface area contributed by atoms with Crippen molar-refractivity contribution >= 4 is 23.6 Å². The summed E-state index contributed by atoms with van der Waals surface area (Å²) in [5.74, 6) is -0.952. The second kappa shape index (κ2) is 10.1. The van der Waals surface area contributed by atoms with Crippen molar-refractivity contribution in [1.82, 2.24) is 0 Å². The molecule has 0 fully saturated rings. The third-order valence-electron chi connectivity index (χ3n) is 4.09. The second-order valence-corrected chi connectivity index (χ2v) is 6.65. The quantitative estimate of drug-likeness (QED) is 0.538. The van der Waals surface area contributed by atoms with Gasteiger partial charge in [-0.05, 0) is 55.7 Å². The van der Waals surface area contributed by atoms with Crippen LogP contribution in [0.2, 0.25) is 0 Å². The molecule has 2 aromatic rings. The molecule has 0 atom stereocenters. The average molecular weight is 376 g/mol. The smallest absolute Gasteiger partial charge is 0.331 e. The lowest BCUT2D eigenvalue weighted by atomic mass is 10.1. The standard InChI is InChI=1S/C23H24N2O3/c1-17-5-7-20(8-6-17)9-10-23(27)28-16-22(26)25(12-4-11-24)21-14-18(2)13-19(3)15-21/h5-10,13-15H,4,12,16H2,1-3H3/b10-9+. The van der Waals surface area contributed by atoms with E-state index in [2.05, 4.69) is 0 Å². The van der Waals surface area contributed by atoms with Gasteiger partial charge in [-0.2, -0.15) is 5.26 Å². The van der Waals surface area contributed by atoms with Gasteiger partial charge in [-0.15, -0.1) is 0 Å². The molecule has 0 heterocycles. The molecule has 5 heteroatoms. The summed E-state index contributed by atoms with van der Waals surface area (Å²) in [6, 6.07) is 15.5. The van der Waals surface area contributed by atoms with Gasteiger partial charge in [0.15, 0.2) is 6.61 Å². The van der Waals surface area contributed by atoms with Crippen molar-refractivity contribution in [2.45, 2.75) is 27.2 Å². The van der Waals surface area contributed by atoms with Gasteiger partial charge in [0, 0.05) is 18.3 Å². The van der Waals surface area contributed by atoms with Gasteiger partial charge in [-0.25, -0.2) is 4.79 Å². The van der Waals surface area contributed by atoms with Gasteiger partial charge in [-0.3, -0.25) is 4.79 Å². The third kappa shape index (κ3) is 6.40. The molecular weight excluding hydrogens is 352 g/mol. The number of benzene rings is 2. The van der Waals surface area contributed by atoms with Gasteiger partial charge in [0.05, 0.1) is 12.5 Å². The van der Waals surface area contributed by atoms with E-state index in [9.17, 15) is 9.59 Å². The molecule has 5 nitrogen and oxygen atoms in total. The van der Waals surface area contributed by atoms with Crippen LogP contribution in [0.1, 0.15) is 28.7 Å². The molecule has 0 radical (unpaired) electrons. The number of aryl methyl sites for hydroxylation is 3. The van der Waals surface area contributed by atoms with E-state index in [-0.39, 0.29) is 25.5 Å². The fraction of sp³-hybridized carbons (Fsp3) is 0.261. The van der Waals surface area contributed by atoms with Crippen LogP contribution in [-0.4, -0.2) is 25.0 Å². The van der Waals surface area contributed by atoms with Crippen molar-refractivity contribution in [1.29, 1.82) is 5.26 Å².